The quantitative estimate of drug-likeness (QED) is 0.819. The molecule has 1 aromatic heterocycles. The van der Waals surface area contributed by atoms with E-state index in [4.69, 9.17) is 9.72 Å². The lowest BCUT2D eigenvalue weighted by Gasteiger charge is -2.36. The molecule has 1 saturated heterocycles. The molecule has 1 aromatic rings. The minimum Gasteiger partial charge on any atom is -0.389 e. The van der Waals surface area contributed by atoms with E-state index in [1.807, 2.05) is 20.8 Å². The van der Waals surface area contributed by atoms with Crippen LogP contribution in [0.15, 0.2) is 6.07 Å². The molecule has 0 amide bonds. The summed E-state index contributed by atoms with van der Waals surface area (Å²) in [4.78, 5) is 13.8. The molecule has 136 valence electrons. The average Bonchev–Trinajstić information content (AvgIpc) is 2.53. The van der Waals surface area contributed by atoms with E-state index in [1.54, 1.807) is 0 Å². The predicted molar refractivity (Wildman–Crippen MR) is 96.6 cm³/mol. The van der Waals surface area contributed by atoms with Crippen LogP contribution in [0.5, 0.6) is 0 Å². The average molecular weight is 336 g/mol. The molecule has 0 aromatic carbocycles. The number of hydrogen-bond donors (Lipinski definition) is 1. The third kappa shape index (κ3) is 5.69. The van der Waals surface area contributed by atoms with E-state index >= 15 is 0 Å². The summed E-state index contributed by atoms with van der Waals surface area (Å²) in [5, 5.41) is 10.1. The van der Waals surface area contributed by atoms with Gasteiger partial charge in [0.25, 0.3) is 0 Å². The third-order valence-corrected chi connectivity index (χ3v) is 4.16. The van der Waals surface area contributed by atoms with Crippen molar-refractivity contribution in [3.63, 3.8) is 0 Å². The molecule has 2 rings (SSSR count). The van der Waals surface area contributed by atoms with Crippen molar-refractivity contribution in [2.45, 2.75) is 52.7 Å². The highest BCUT2D eigenvalue weighted by molar-refractivity contribution is 5.40. The normalized spacial score (nSPS) is 17.8. The Bertz CT molecular complexity index is 514. The van der Waals surface area contributed by atoms with Crippen LogP contribution < -0.4 is 4.90 Å². The summed E-state index contributed by atoms with van der Waals surface area (Å²) in [5.41, 5.74) is 1.02. The van der Waals surface area contributed by atoms with Crippen molar-refractivity contribution in [2.24, 2.45) is 0 Å². The zero-order chi connectivity index (χ0) is 17.7. The highest BCUT2D eigenvalue weighted by Crippen LogP contribution is 2.18. The lowest BCUT2D eigenvalue weighted by Crippen LogP contribution is -2.49. The van der Waals surface area contributed by atoms with Crippen LogP contribution in [0.4, 0.5) is 5.82 Å². The van der Waals surface area contributed by atoms with Gasteiger partial charge < -0.3 is 14.7 Å². The fourth-order valence-electron chi connectivity index (χ4n) is 2.81. The second kappa shape index (κ2) is 8.74. The monoisotopic (exact) mass is 336 g/mol. The van der Waals surface area contributed by atoms with Crippen LogP contribution in [0, 0.1) is 6.92 Å². The smallest absolute Gasteiger partial charge is 0.133 e. The second-order valence-electron chi connectivity index (χ2n) is 7.20. The first-order chi connectivity index (χ1) is 11.3. The Balaban J connectivity index is 1.86. The van der Waals surface area contributed by atoms with Gasteiger partial charge in [0.15, 0.2) is 0 Å². The number of nitrogens with zero attached hydrogens (tertiary/aromatic N) is 4. The molecule has 0 bridgehead atoms. The van der Waals surface area contributed by atoms with Gasteiger partial charge in [-0.2, -0.15) is 0 Å². The summed E-state index contributed by atoms with van der Waals surface area (Å²) < 4.78 is 5.48. The van der Waals surface area contributed by atoms with E-state index in [-0.39, 0.29) is 6.10 Å². The number of hydrogen-bond acceptors (Lipinski definition) is 6. The van der Waals surface area contributed by atoms with Crippen LogP contribution in [-0.2, 0) is 4.74 Å². The van der Waals surface area contributed by atoms with Crippen LogP contribution in [0.25, 0.3) is 0 Å². The molecule has 2 heterocycles. The molecule has 1 aliphatic rings. The van der Waals surface area contributed by atoms with Gasteiger partial charge in [0.1, 0.15) is 11.6 Å². The van der Waals surface area contributed by atoms with E-state index < -0.39 is 6.10 Å². The largest absolute Gasteiger partial charge is 0.389 e. The highest BCUT2D eigenvalue weighted by atomic mass is 16.5. The van der Waals surface area contributed by atoms with Crippen molar-refractivity contribution >= 4 is 5.82 Å². The zero-order valence-corrected chi connectivity index (χ0v) is 15.7. The van der Waals surface area contributed by atoms with E-state index in [9.17, 15) is 5.11 Å². The van der Waals surface area contributed by atoms with Crippen molar-refractivity contribution < 1.29 is 9.84 Å². The first-order valence-corrected chi connectivity index (χ1v) is 8.97. The van der Waals surface area contributed by atoms with E-state index in [0.717, 1.165) is 43.5 Å². The molecule has 0 aliphatic carbocycles. The number of aromatic nitrogens is 2. The Labute approximate surface area is 145 Å². The Kier molecular flexibility index (Phi) is 6.95. The highest BCUT2D eigenvalue weighted by Gasteiger charge is 2.21. The third-order valence-electron chi connectivity index (χ3n) is 4.16. The molecular weight excluding hydrogens is 304 g/mol. The van der Waals surface area contributed by atoms with E-state index in [2.05, 4.69) is 34.7 Å². The molecular formula is C18H32N4O2. The Hall–Kier alpha value is -1.24. The van der Waals surface area contributed by atoms with Crippen molar-refractivity contribution in [1.29, 1.82) is 0 Å². The van der Waals surface area contributed by atoms with Crippen LogP contribution >= 0.6 is 0 Å². The van der Waals surface area contributed by atoms with Gasteiger partial charge in [-0.15, -0.1) is 0 Å². The van der Waals surface area contributed by atoms with E-state index in [1.165, 1.54) is 0 Å². The van der Waals surface area contributed by atoms with Crippen LogP contribution in [0.3, 0.4) is 0 Å². The van der Waals surface area contributed by atoms with Crippen LogP contribution in [0.2, 0.25) is 0 Å². The number of rotatable bonds is 7. The fraction of sp³-hybridized carbons (Fsp3) is 0.778. The maximum absolute atomic E-state index is 10.1. The summed E-state index contributed by atoms with van der Waals surface area (Å²) in [7, 11) is 0. The zero-order valence-electron chi connectivity index (χ0n) is 15.7. The van der Waals surface area contributed by atoms with Crippen molar-refractivity contribution in [2.75, 3.05) is 44.2 Å². The molecule has 6 heteroatoms. The molecule has 1 atom stereocenters. The Morgan fingerprint density at radius 1 is 1.12 bits per heavy atom. The minimum atomic E-state index is -0.423. The lowest BCUT2D eigenvalue weighted by atomic mass is 10.2. The SMILES string of the molecule is Cc1cc(N2CCN(C[C@H](O)COC(C)C)CC2)nc(C(C)C)n1. The second-order valence-corrected chi connectivity index (χ2v) is 7.20. The van der Waals surface area contributed by atoms with Crippen molar-refractivity contribution in [3.05, 3.63) is 17.6 Å². The van der Waals surface area contributed by atoms with Gasteiger partial charge in [0, 0.05) is 50.4 Å². The molecule has 1 N–H and O–H groups in total. The maximum Gasteiger partial charge on any atom is 0.133 e. The number of aryl methyl sites for hydroxylation is 1. The summed E-state index contributed by atoms with van der Waals surface area (Å²) in [6.07, 6.45) is -0.263. The van der Waals surface area contributed by atoms with E-state index in [0.29, 0.717) is 19.1 Å². The number of aliphatic hydroxyl groups excluding tert-OH is 1. The Morgan fingerprint density at radius 3 is 2.38 bits per heavy atom. The van der Waals surface area contributed by atoms with Gasteiger partial charge in [-0.3, -0.25) is 4.90 Å². The topological polar surface area (TPSA) is 61.7 Å². The summed E-state index contributed by atoms with van der Waals surface area (Å²) in [6.45, 7) is 15.0. The van der Waals surface area contributed by atoms with Crippen LogP contribution in [-0.4, -0.2) is 71.5 Å². The molecule has 0 saturated carbocycles. The number of aliphatic hydroxyl groups is 1. The maximum atomic E-state index is 10.1. The fourth-order valence-corrected chi connectivity index (χ4v) is 2.81. The molecule has 6 nitrogen and oxygen atoms in total. The van der Waals surface area contributed by atoms with Crippen molar-refractivity contribution in [1.82, 2.24) is 14.9 Å². The van der Waals surface area contributed by atoms with Gasteiger partial charge in [0.2, 0.25) is 0 Å². The molecule has 24 heavy (non-hydrogen) atoms. The summed E-state index contributed by atoms with van der Waals surface area (Å²) >= 11 is 0. The Morgan fingerprint density at radius 2 is 1.79 bits per heavy atom. The van der Waals surface area contributed by atoms with Gasteiger partial charge in [-0.1, -0.05) is 13.8 Å². The molecule has 1 fully saturated rings. The predicted octanol–water partition coefficient (Wildman–Crippen LogP) is 1.82. The number of anilines is 1. The molecule has 0 spiro atoms. The molecule has 1 aliphatic heterocycles. The van der Waals surface area contributed by atoms with Gasteiger partial charge in [-0.05, 0) is 20.8 Å². The number of β-amino-alcohol motifs (C(OH)–C–C–N with tert-alkyl or cyclic N) is 1. The minimum absolute atomic E-state index is 0.160. The van der Waals surface area contributed by atoms with Crippen molar-refractivity contribution in [3.8, 4) is 0 Å². The van der Waals surface area contributed by atoms with Gasteiger partial charge >= 0.3 is 0 Å². The number of ether oxygens (including phenoxy) is 1. The van der Waals surface area contributed by atoms with Crippen LogP contribution in [0.1, 0.15) is 45.1 Å². The summed E-state index contributed by atoms with van der Waals surface area (Å²) in [5.74, 6) is 2.27. The lowest BCUT2D eigenvalue weighted by molar-refractivity contribution is -0.00901. The first-order valence-electron chi connectivity index (χ1n) is 8.97. The van der Waals surface area contributed by atoms with Gasteiger partial charge in [-0.25, -0.2) is 9.97 Å². The van der Waals surface area contributed by atoms with Gasteiger partial charge in [0.05, 0.1) is 18.8 Å². The molecule has 0 radical (unpaired) electrons. The molecule has 0 unspecified atom stereocenters. The first kappa shape index (κ1) is 19.1. The summed E-state index contributed by atoms with van der Waals surface area (Å²) in [6, 6.07) is 2.06. The standard InChI is InChI=1S/C18H32N4O2/c1-13(2)18-19-15(5)10-17(20-18)22-8-6-21(7-9-22)11-16(23)12-24-14(3)4/h10,13-14,16,23H,6-9,11-12H2,1-5H3/t16-/m0/s1. The number of piperazine rings is 1.